The summed E-state index contributed by atoms with van der Waals surface area (Å²) in [4.78, 5) is 54.8. The standard InChI is InChI=1S/C29H28Cl2N6O4/c1-18(38)20-7-10-22(11-8-20)34-29(41)25(13-19-5-3-2-4-6-19)36-17-27(39)35(16-28(36)40)24-14-21(30)9-12-23(24)37(33)15-26(31)32/h2-12,14-15,25H,13,16-17,32-33H2,1H3,(H,34,41)/b26-15-. The topological polar surface area (TPSA) is 142 Å². The Hall–Kier alpha value is -4.38. The van der Waals surface area contributed by atoms with Gasteiger partial charge in [0, 0.05) is 22.7 Å². The second-order valence-electron chi connectivity index (χ2n) is 9.38. The Labute approximate surface area is 247 Å². The molecule has 1 atom stereocenters. The first-order chi connectivity index (χ1) is 19.5. The molecule has 3 amide bonds. The van der Waals surface area contributed by atoms with Crippen LogP contribution >= 0.6 is 23.2 Å². The zero-order chi connectivity index (χ0) is 29.7. The third-order valence-electron chi connectivity index (χ3n) is 6.50. The van der Waals surface area contributed by atoms with Crippen molar-refractivity contribution in [3.63, 3.8) is 0 Å². The zero-order valence-electron chi connectivity index (χ0n) is 22.1. The molecule has 10 nitrogen and oxygen atoms in total. The molecule has 1 aliphatic heterocycles. The summed E-state index contributed by atoms with van der Waals surface area (Å²) in [5.41, 5.74) is 7.92. The van der Waals surface area contributed by atoms with Crippen molar-refractivity contribution >= 4 is 63.8 Å². The molecule has 3 aromatic rings. The van der Waals surface area contributed by atoms with Gasteiger partial charge in [-0.05, 0) is 55.0 Å². The van der Waals surface area contributed by atoms with Crippen LogP contribution in [-0.4, -0.2) is 47.5 Å². The third kappa shape index (κ3) is 7.23. The summed E-state index contributed by atoms with van der Waals surface area (Å²) in [6.07, 6.45) is 1.43. The van der Waals surface area contributed by atoms with Crippen molar-refractivity contribution in [1.82, 2.24) is 4.90 Å². The van der Waals surface area contributed by atoms with E-state index in [0.29, 0.717) is 22.0 Å². The number of amides is 3. The number of carbonyl (C=O) groups excluding carboxylic acids is 4. The van der Waals surface area contributed by atoms with E-state index in [1.54, 1.807) is 36.4 Å². The number of hydrazine groups is 1. The Morgan fingerprint density at radius 1 is 1.02 bits per heavy atom. The lowest BCUT2D eigenvalue weighted by Crippen LogP contribution is -2.60. The first-order valence-electron chi connectivity index (χ1n) is 12.6. The number of carbonyl (C=O) groups is 4. The van der Waals surface area contributed by atoms with Crippen LogP contribution in [0.3, 0.4) is 0 Å². The molecule has 3 aromatic carbocycles. The second kappa shape index (κ2) is 12.9. The molecular formula is C29H28Cl2N6O4. The fourth-order valence-corrected chi connectivity index (χ4v) is 4.74. The minimum Gasteiger partial charge on any atom is -0.388 e. The van der Waals surface area contributed by atoms with Crippen LogP contribution in [0, 0.1) is 0 Å². The first kappa shape index (κ1) is 29.6. The third-order valence-corrected chi connectivity index (χ3v) is 6.83. The molecule has 1 heterocycles. The molecule has 41 heavy (non-hydrogen) atoms. The molecule has 1 fully saturated rings. The second-order valence-corrected chi connectivity index (χ2v) is 10.3. The van der Waals surface area contributed by atoms with Gasteiger partial charge in [-0.2, -0.15) is 0 Å². The van der Waals surface area contributed by atoms with Gasteiger partial charge in [0.1, 0.15) is 24.3 Å². The van der Waals surface area contributed by atoms with Crippen LogP contribution < -0.4 is 26.8 Å². The van der Waals surface area contributed by atoms with Crippen molar-refractivity contribution in [1.29, 1.82) is 0 Å². The van der Waals surface area contributed by atoms with Crippen LogP contribution in [0.25, 0.3) is 0 Å². The van der Waals surface area contributed by atoms with E-state index < -0.39 is 23.8 Å². The van der Waals surface area contributed by atoms with Crippen molar-refractivity contribution in [3.8, 4) is 0 Å². The number of nitrogens with two attached hydrogens (primary N) is 2. The number of nitrogens with one attached hydrogen (secondary N) is 1. The van der Waals surface area contributed by atoms with E-state index in [9.17, 15) is 19.2 Å². The molecule has 1 aliphatic rings. The van der Waals surface area contributed by atoms with Crippen molar-refractivity contribution in [2.45, 2.75) is 19.4 Å². The highest BCUT2D eigenvalue weighted by atomic mass is 35.5. The smallest absolute Gasteiger partial charge is 0.247 e. The summed E-state index contributed by atoms with van der Waals surface area (Å²) < 4.78 is 0. The van der Waals surface area contributed by atoms with Gasteiger partial charge in [-0.25, -0.2) is 5.84 Å². The lowest BCUT2D eigenvalue weighted by Gasteiger charge is -2.39. The SMILES string of the molecule is CC(=O)c1ccc(NC(=O)C(Cc2ccccc2)N2CC(=O)N(c3cc(Cl)ccc3N(N)/C=C(\N)Cl)CC2=O)cc1. The summed E-state index contributed by atoms with van der Waals surface area (Å²) in [5, 5.41) is 4.17. The lowest BCUT2D eigenvalue weighted by atomic mass is 10.0. The summed E-state index contributed by atoms with van der Waals surface area (Å²) in [7, 11) is 0. The molecule has 1 saturated heterocycles. The highest BCUT2D eigenvalue weighted by Crippen LogP contribution is 2.33. The molecule has 5 N–H and O–H groups in total. The maximum absolute atomic E-state index is 13.6. The fraction of sp³-hybridized carbons (Fsp3) is 0.172. The highest BCUT2D eigenvalue weighted by molar-refractivity contribution is 6.31. The fourth-order valence-electron chi connectivity index (χ4n) is 4.47. The number of hydrogen-bond donors (Lipinski definition) is 3. The molecular weight excluding hydrogens is 567 g/mol. The van der Waals surface area contributed by atoms with E-state index in [0.717, 1.165) is 10.6 Å². The predicted octanol–water partition coefficient (Wildman–Crippen LogP) is 3.64. The Balaban J connectivity index is 1.62. The van der Waals surface area contributed by atoms with E-state index in [2.05, 4.69) is 5.32 Å². The maximum Gasteiger partial charge on any atom is 0.247 e. The van der Waals surface area contributed by atoms with Crippen LogP contribution in [-0.2, 0) is 20.8 Å². The molecule has 212 valence electrons. The van der Waals surface area contributed by atoms with Crippen LogP contribution in [0.1, 0.15) is 22.8 Å². The number of piperazine rings is 1. The van der Waals surface area contributed by atoms with Gasteiger partial charge >= 0.3 is 0 Å². The maximum atomic E-state index is 13.6. The van der Waals surface area contributed by atoms with Gasteiger partial charge in [0.2, 0.25) is 17.7 Å². The Bertz CT molecular complexity index is 1490. The quantitative estimate of drug-likeness (QED) is 0.148. The average Bonchev–Trinajstić information content (AvgIpc) is 2.93. The van der Waals surface area contributed by atoms with Gasteiger partial charge in [-0.3, -0.25) is 29.1 Å². The van der Waals surface area contributed by atoms with Gasteiger partial charge in [0.15, 0.2) is 5.78 Å². The average molecular weight is 595 g/mol. The van der Waals surface area contributed by atoms with Crippen LogP contribution in [0.2, 0.25) is 5.02 Å². The zero-order valence-corrected chi connectivity index (χ0v) is 23.6. The van der Waals surface area contributed by atoms with Crippen LogP contribution in [0.4, 0.5) is 17.1 Å². The monoisotopic (exact) mass is 594 g/mol. The van der Waals surface area contributed by atoms with Crippen molar-refractivity contribution in [2.75, 3.05) is 28.3 Å². The number of anilines is 3. The Morgan fingerprint density at radius 2 is 1.71 bits per heavy atom. The lowest BCUT2D eigenvalue weighted by molar-refractivity contribution is -0.143. The normalized spacial score (nSPS) is 14.6. The molecule has 0 spiro atoms. The Kier molecular flexibility index (Phi) is 9.28. The van der Waals surface area contributed by atoms with Gasteiger partial charge in [-0.1, -0.05) is 53.5 Å². The predicted molar refractivity (Wildman–Crippen MR) is 159 cm³/mol. The first-order valence-corrected chi connectivity index (χ1v) is 13.3. The summed E-state index contributed by atoms with van der Waals surface area (Å²) in [5.74, 6) is 4.61. The number of hydrogen-bond acceptors (Lipinski definition) is 7. The minimum absolute atomic E-state index is 0.0914. The summed E-state index contributed by atoms with van der Waals surface area (Å²) in [6, 6.07) is 19.3. The van der Waals surface area contributed by atoms with E-state index in [4.69, 9.17) is 34.8 Å². The molecule has 12 heteroatoms. The molecule has 0 radical (unpaired) electrons. The number of nitrogens with zero attached hydrogens (tertiary/aromatic N) is 3. The van der Waals surface area contributed by atoms with Gasteiger partial charge in [0.25, 0.3) is 0 Å². The van der Waals surface area contributed by atoms with Gasteiger partial charge in [-0.15, -0.1) is 0 Å². The van der Waals surface area contributed by atoms with E-state index in [1.807, 2.05) is 30.3 Å². The summed E-state index contributed by atoms with van der Waals surface area (Å²) in [6.45, 7) is 0.732. The highest BCUT2D eigenvalue weighted by Gasteiger charge is 2.39. The van der Waals surface area contributed by atoms with Crippen LogP contribution in [0.5, 0.6) is 0 Å². The number of rotatable bonds is 9. The number of ketones is 1. The largest absolute Gasteiger partial charge is 0.388 e. The van der Waals surface area contributed by atoms with Crippen molar-refractivity contribution in [2.24, 2.45) is 11.6 Å². The van der Waals surface area contributed by atoms with Crippen molar-refractivity contribution < 1.29 is 19.2 Å². The van der Waals surface area contributed by atoms with Gasteiger partial charge in [0.05, 0.1) is 17.6 Å². The van der Waals surface area contributed by atoms with Gasteiger partial charge < -0.3 is 16.0 Å². The molecule has 0 saturated carbocycles. The van der Waals surface area contributed by atoms with E-state index >= 15 is 0 Å². The summed E-state index contributed by atoms with van der Waals surface area (Å²) >= 11 is 12.0. The van der Waals surface area contributed by atoms with E-state index in [1.165, 1.54) is 29.0 Å². The van der Waals surface area contributed by atoms with E-state index in [-0.39, 0.29) is 36.1 Å². The Morgan fingerprint density at radius 3 is 2.34 bits per heavy atom. The minimum atomic E-state index is -0.993. The van der Waals surface area contributed by atoms with Crippen LogP contribution in [0.15, 0.2) is 84.2 Å². The molecule has 4 rings (SSSR count). The number of halogens is 2. The molecule has 1 unspecified atom stereocenters. The molecule has 0 bridgehead atoms. The number of benzene rings is 3. The van der Waals surface area contributed by atoms with Crippen molar-refractivity contribution in [3.05, 3.63) is 100 Å². The molecule has 0 aliphatic carbocycles. The molecule has 0 aromatic heterocycles. The number of Topliss-reactive ketones (excluding diaryl/α,β-unsaturated/α-hetero) is 1.